The number of hydrogen-bond donors (Lipinski definition) is 3. The van der Waals surface area contributed by atoms with E-state index >= 15 is 0 Å². The topological polar surface area (TPSA) is 102 Å². The zero-order chi connectivity index (χ0) is 18.1. The molecule has 0 aliphatic carbocycles. The van der Waals surface area contributed by atoms with E-state index in [4.69, 9.17) is 16.6 Å². The van der Waals surface area contributed by atoms with Crippen molar-refractivity contribution >= 4 is 23.3 Å². The average Bonchev–Trinajstić information content (AvgIpc) is 3.13. The van der Waals surface area contributed by atoms with Gasteiger partial charge in [-0.3, -0.25) is 0 Å². The fourth-order valence-corrected chi connectivity index (χ4v) is 2.83. The summed E-state index contributed by atoms with van der Waals surface area (Å²) in [6.07, 6.45) is 0. The summed E-state index contributed by atoms with van der Waals surface area (Å²) in [6, 6.07) is 23.1. The number of guanidine groups is 1. The Morgan fingerprint density at radius 1 is 0.920 bits per heavy atom. The normalized spacial score (nSPS) is 9.60. The molecule has 5 N–H and O–H groups in total. The monoisotopic (exact) mass is 353 g/mol. The number of hydrogen-bond acceptors (Lipinski definition) is 3. The molecule has 3 rings (SSSR count). The van der Waals surface area contributed by atoms with E-state index < -0.39 is 5.97 Å². The van der Waals surface area contributed by atoms with Crippen LogP contribution >= 0.6 is 11.3 Å². The number of nitrogens with two attached hydrogens (primary N) is 2. The number of rotatable bonds is 4. The molecule has 0 amide bonds. The standard InChI is InChI=1S/C11H8O2S.C8H11N3/c12-11(13)10-7-6-9(14-10)8-4-2-1-3-5-8;9-8(10)11-6-7-4-2-1-3-5-7/h1-7H,(H,12,13);1-5H,6H2,(H4,9,10,11). The van der Waals surface area contributed by atoms with Crippen LogP contribution in [0.4, 0.5) is 0 Å². The van der Waals surface area contributed by atoms with E-state index in [1.165, 1.54) is 11.3 Å². The third-order valence-electron chi connectivity index (χ3n) is 3.16. The maximum atomic E-state index is 10.7. The lowest BCUT2D eigenvalue weighted by atomic mass is 10.2. The second-order valence-electron chi connectivity index (χ2n) is 5.06. The number of aliphatic imine (C=N–C) groups is 1. The van der Waals surface area contributed by atoms with Gasteiger partial charge in [0.15, 0.2) is 5.96 Å². The summed E-state index contributed by atoms with van der Waals surface area (Å²) in [4.78, 5) is 15.9. The molecule has 0 aliphatic heterocycles. The largest absolute Gasteiger partial charge is 0.477 e. The molecule has 5 nitrogen and oxygen atoms in total. The van der Waals surface area contributed by atoms with E-state index in [1.54, 1.807) is 6.07 Å². The minimum atomic E-state index is -0.864. The van der Waals surface area contributed by atoms with Crippen LogP contribution < -0.4 is 11.5 Å². The molecule has 0 saturated carbocycles. The summed E-state index contributed by atoms with van der Waals surface area (Å²) >= 11 is 1.29. The Kier molecular flexibility index (Phi) is 6.74. The Balaban J connectivity index is 0.000000186. The Morgan fingerprint density at radius 3 is 2.04 bits per heavy atom. The molecule has 0 aliphatic rings. The summed E-state index contributed by atoms with van der Waals surface area (Å²) < 4.78 is 0. The van der Waals surface area contributed by atoms with Crippen molar-refractivity contribution in [2.45, 2.75) is 6.54 Å². The van der Waals surface area contributed by atoms with Crippen LogP contribution in [0.25, 0.3) is 10.4 Å². The summed E-state index contributed by atoms with van der Waals surface area (Å²) in [5.41, 5.74) is 12.5. The van der Waals surface area contributed by atoms with E-state index in [0.29, 0.717) is 11.4 Å². The number of carboxylic acids is 1. The molecule has 0 saturated heterocycles. The van der Waals surface area contributed by atoms with E-state index in [1.807, 2.05) is 66.7 Å². The van der Waals surface area contributed by atoms with Crippen LogP contribution in [0.15, 0.2) is 77.8 Å². The molecule has 128 valence electrons. The molecule has 0 radical (unpaired) electrons. The zero-order valence-electron chi connectivity index (χ0n) is 13.5. The predicted molar refractivity (Wildman–Crippen MR) is 103 cm³/mol. The van der Waals surface area contributed by atoms with Gasteiger partial charge in [0.25, 0.3) is 0 Å². The summed E-state index contributed by atoms with van der Waals surface area (Å²) in [7, 11) is 0. The first-order chi connectivity index (χ1) is 12.1. The SMILES string of the molecule is NC(N)=NCc1ccccc1.O=C(O)c1ccc(-c2ccccc2)s1. The molecule has 3 aromatic rings. The molecule has 0 unspecified atom stereocenters. The first-order valence-corrected chi connectivity index (χ1v) is 8.36. The van der Waals surface area contributed by atoms with E-state index in [-0.39, 0.29) is 5.96 Å². The van der Waals surface area contributed by atoms with Crippen molar-refractivity contribution in [1.82, 2.24) is 0 Å². The number of thiophene rings is 1. The van der Waals surface area contributed by atoms with E-state index in [0.717, 1.165) is 16.0 Å². The molecule has 2 aromatic carbocycles. The Bertz CT molecular complexity index is 826. The lowest BCUT2D eigenvalue weighted by Crippen LogP contribution is -2.22. The number of carboxylic acid groups (broad SMARTS) is 1. The van der Waals surface area contributed by atoms with Gasteiger partial charge in [-0.2, -0.15) is 0 Å². The summed E-state index contributed by atoms with van der Waals surface area (Å²) in [6.45, 7) is 0.559. The van der Waals surface area contributed by atoms with Gasteiger partial charge in [-0.1, -0.05) is 60.7 Å². The zero-order valence-corrected chi connectivity index (χ0v) is 14.3. The number of nitrogens with zero attached hydrogens (tertiary/aromatic N) is 1. The average molecular weight is 353 g/mol. The van der Waals surface area contributed by atoms with Gasteiger partial charge >= 0.3 is 5.97 Å². The molecule has 0 atom stereocenters. The summed E-state index contributed by atoms with van der Waals surface area (Å²) in [5.74, 6) is -0.731. The molecule has 1 heterocycles. The lowest BCUT2D eigenvalue weighted by Gasteiger charge is -1.94. The fourth-order valence-electron chi connectivity index (χ4n) is 1.98. The minimum absolute atomic E-state index is 0.133. The van der Waals surface area contributed by atoms with Crippen molar-refractivity contribution in [2.24, 2.45) is 16.5 Å². The van der Waals surface area contributed by atoms with E-state index in [9.17, 15) is 4.79 Å². The van der Waals surface area contributed by atoms with Gasteiger partial charge in [0, 0.05) is 4.88 Å². The Hall–Kier alpha value is -3.12. The third kappa shape index (κ3) is 6.12. The van der Waals surface area contributed by atoms with Crippen molar-refractivity contribution in [3.05, 3.63) is 83.2 Å². The van der Waals surface area contributed by atoms with Crippen molar-refractivity contribution in [2.75, 3.05) is 0 Å². The first kappa shape index (κ1) is 18.2. The predicted octanol–water partition coefficient (Wildman–Crippen LogP) is 3.57. The molecular formula is C19H19N3O2S. The van der Waals surface area contributed by atoms with Gasteiger partial charge < -0.3 is 16.6 Å². The molecular weight excluding hydrogens is 334 g/mol. The number of aromatic carboxylic acids is 1. The highest BCUT2D eigenvalue weighted by Gasteiger charge is 2.07. The van der Waals surface area contributed by atoms with Gasteiger partial charge in [-0.05, 0) is 23.3 Å². The smallest absolute Gasteiger partial charge is 0.345 e. The van der Waals surface area contributed by atoms with Crippen molar-refractivity contribution < 1.29 is 9.90 Å². The van der Waals surface area contributed by atoms with Crippen LogP contribution in [0.2, 0.25) is 0 Å². The highest BCUT2D eigenvalue weighted by atomic mass is 32.1. The molecule has 1 aromatic heterocycles. The van der Waals surface area contributed by atoms with Crippen LogP contribution in [0.3, 0.4) is 0 Å². The van der Waals surface area contributed by atoms with Gasteiger partial charge in [-0.25, -0.2) is 9.79 Å². The third-order valence-corrected chi connectivity index (χ3v) is 4.28. The van der Waals surface area contributed by atoms with Crippen LogP contribution in [-0.2, 0) is 6.54 Å². The van der Waals surface area contributed by atoms with Gasteiger partial charge in [0.2, 0.25) is 0 Å². The minimum Gasteiger partial charge on any atom is -0.477 e. The van der Waals surface area contributed by atoms with Crippen LogP contribution in [-0.4, -0.2) is 17.0 Å². The fraction of sp³-hybridized carbons (Fsp3) is 0.0526. The summed E-state index contributed by atoms with van der Waals surface area (Å²) in [5, 5.41) is 8.76. The van der Waals surface area contributed by atoms with Crippen LogP contribution in [0.1, 0.15) is 15.2 Å². The van der Waals surface area contributed by atoms with Gasteiger partial charge in [0.1, 0.15) is 4.88 Å². The quantitative estimate of drug-likeness (QED) is 0.493. The first-order valence-electron chi connectivity index (χ1n) is 7.54. The molecule has 25 heavy (non-hydrogen) atoms. The van der Waals surface area contributed by atoms with Gasteiger partial charge in [-0.15, -0.1) is 11.3 Å². The second-order valence-corrected chi connectivity index (χ2v) is 6.15. The lowest BCUT2D eigenvalue weighted by molar-refractivity contribution is 0.0702. The van der Waals surface area contributed by atoms with Crippen LogP contribution in [0.5, 0.6) is 0 Å². The van der Waals surface area contributed by atoms with Crippen molar-refractivity contribution in [1.29, 1.82) is 0 Å². The molecule has 0 spiro atoms. The maximum absolute atomic E-state index is 10.7. The number of carbonyl (C=O) groups is 1. The highest BCUT2D eigenvalue weighted by molar-refractivity contribution is 7.17. The molecule has 0 bridgehead atoms. The van der Waals surface area contributed by atoms with E-state index in [2.05, 4.69) is 4.99 Å². The van der Waals surface area contributed by atoms with Crippen molar-refractivity contribution in [3.8, 4) is 10.4 Å². The molecule has 0 fully saturated rings. The molecule has 6 heteroatoms. The van der Waals surface area contributed by atoms with Gasteiger partial charge in [0.05, 0.1) is 6.54 Å². The Morgan fingerprint density at radius 2 is 1.52 bits per heavy atom. The number of benzene rings is 2. The van der Waals surface area contributed by atoms with Crippen LogP contribution in [0, 0.1) is 0 Å². The maximum Gasteiger partial charge on any atom is 0.345 e. The highest BCUT2D eigenvalue weighted by Crippen LogP contribution is 2.27. The van der Waals surface area contributed by atoms with Crippen molar-refractivity contribution in [3.63, 3.8) is 0 Å². The Labute approximate surface area is 150 Å². The second kappa shape index (κ2) is 9.24.